The minimum absolute atomic E-state index is 0.0165. The van der Waals surface area contributed by atoms with Crippen LogP contribution < -0.4 is 4.74 Å². The molecule has 1 amide bonds. The molecule has 0 radical (unpaired) electrons. The van der Waals surface area contributed by atoms with E-state index in [9.17, 15) is 9.59 Å². The highest BCUT2D eigenvalue weighted by Crippen LogP contribution is 2.13. The van der Waals surface area contributed by atoms with Gasteiger partial charge in [-0.2, -0.15) is 0 Å². The summed E-state index contributed by atoms with van der Waals surface area (Å²) in [5.41, 5.74) is 0.928. The predicted molar refractivity (Wildman–Crippen MR) is 84.7 cm³/mol. The SMILES string of the molecule is CCCN(CC(C)C(=O)OC)C(=O)Cc1ccc(OC)cc1. The van der Waals surface area contributed by atoms with E-state index in [-0.39, 0.29) is 17.8 Å². The van der Waals surface area contributed by atoms with Gasteiger partial charge in [0.2, 0.25) is 5.91 Å². The summed E-state index contributed by atoms with van der Waals surface area (Å²) >= 11 is 0. The van der Waals surface area contributed by atoms with Gasteiger partial charge in [-0.05, 0) is 24.1 Å². The molecule has 1 rings (SSSR count). The quantitative estimate of drug-likeness (QED) is 0.691. The Labute approximate surface area is 132 Å². The maximum atomic E-state index is 12.4. The fourth-order valence-electron chi connectivity index (χ4n) is 2.22. The molecule has 0 aromatic heterocycles. The van der Waals surface area contributed by atoms with E-state index in [1.807, 2.05) is 31.2 Å². The molecule has 0 bridgehead atoms. The van der Waals surface area contributed by atoms with E-state index in [1.54, 1.807) is 18.9 Å². The van der Waals surface area contributed by atoms with Crippen LogP contribution in [0.2, 0.25) is 0 Å². The molecule has 1 aromatic rings. The first-order chi connectivity index (χ1) is 10.5. The molecule has 22 heavy (non-hydrogen) atoms. The Kier molecular flexibility index (Phi) is 7.43. The smallest absolute Gasteiger partial charge is 0.310 e. The topological polar surface area (TPSA) is 55.8 Å². The minimum atomic E-state index is -0.323. The highest BCUT2D eigenvalue weighted by Gasteiger charge is 2.21. The number of carbonyl (C=O) groups excluding carboxylic acids is 2. The third-order valence-corrected chi connectivity index (χ3v) is 3.46. The molecule has 5 heteroatoms. The highest BCUT2D eigenvalue weighted by molar-refractivity contribution is 5.80. The van der Waals surface area contributed by atoms with E-state index >= 15 is 0 Å². The molecule has 5 nitrogen and oxygen atoms in total. The monoisotopic (exact) mass is 307 g/mol. The lowest BCUT2D eigenvalue weighted by molar-refractivity contribution is -0.146. The summed E-state index contributed by atoms with van der Waals surface area (Å²) in [6, 6.07) is 7.43. The Bertz CT molecular complexity index is 484. The second-order valence-corrected chi connectivity index (χ2v) is 5.29. The minimum Gasteiger partial charge on any atom is -0.497 e. The number of carbonyl (C=O) groups is 2. The van der Waals surface area contributed by atoms with Crippen LogP contribution in [-0.4, -0.2) is 44.1 Å². The Hall–Kier alpha value is -2.04. The highest BCUT2D eigenvalue weighted by atomic mass is 16.5. The lowest BCUT2D eigenvalue weighted by Gasteiger charge is -2.24. The van der Waals surface area contributed by atoms with Crippen LogP contribution in [-0.2, 0) is 20.7 Å². The standard InChI is InChI=1S/C17H25NO4/c1-5-10-18(12-13(2)17(20)22-4)16(19)11-14-6-8-15(21-3)9-7-14/h6-9,13H,5,10-12H2,1-4H3. The van der Waals surface area contributed by atoms with Crippen molar-refractivity contribution in [2.75, 3.05) is 27.3 Å². The summed E-state index contributed by atoms with van der Waals surface area (Å²) in [6.45, 7) is 4.80. The van der Waals surface area contributed by atoms with Gasteiger partial charge in [0.25, 0.3) is 0 Å². The van der Waals surface area contributed by atoms with Crippen LogP contribution in [0.3, 0.4) is 0 Å². The number of benzene rings is 1. The van der Waals surface area contributed by atoms with Gasteiger partial charge in [-0.25, -0.2) is 0 Å². The number of hydrogen-bond acceptors (Lipinski definition) is 4. The molecule has 1 aromatic carbocycles. The van der Waals surface area contributed by atoms with E-state index in [2.05, 4.69) is 0 Å². The molecule has 0 aliphatic rings. The number of ether oxygens (including phenoxy) is 2. The Morgan fingerprint density at radius 3 is 2.32 bits per heavy atom. The number of amides is 1. The van der Waals surface area contributed by atoms with E-state index in [0.29, 0.717) is 19.5 Å². The normalized spacial score (nSPS) is 11.6. The fourth-order valence-corrected chi connectivity index (χ4v) is 2.22. The van der Waals surface area contributed by atoms with E-state index in [1.165, 1.54) is 7.11 Å². The van der Waals surface area contributed by atoms with Crippen LogP contribution >= 0.6 is 0 Å². The first kappa shape index (κ1) is 18.0. The van der Waals surface area contributed by atoms with Crippen LogP contribution in [0.15, 0.2) is 24.3 Å². The number of nitrogens with zero attached hydrogens (tertiary/aromatic N) is 1. The average molecular weight is 307 g/mol. The fraction of sp³-hybridized carbons (Fsp3) is 0.529. The van der Waals surface area contributed by atoms with Gasteiger partial charge in [-0.1, -0.05) is 26.0 Å². The Balaban J connectivity index is 2.69. The lowest BCUT2D eigenvalue weighted by Crippen LogP contribution is -2.38. The second-order valence-electron chi connectivity index (χ2n) is 5.29. The molecule has 0 saturated heterocycles. The van der Waals surface area contributed by atoms with Crippen molar-refractivity contribution in [3.8, 4) is 5.75 Å². The van der Waals surface area contributed by atoms with E-state index in [4.69, 9.17) is 9.47 Å². The van der Waals surface area contributed by atoms with Crippen molar-refractivity contribution in [1.82, 2.24) is 4.90 Å². The molecule has 1 atom stereocenters. The molecule has 0 fully saturated rings. The maximum Gasteiger partial charge on any atom is 0.310 e. The van der Waals surface area contributed by atoms with E-state index in [0.717, 1.165) is 17.7 Å². The van der Waals surface area contributed by atoms with Crippen molar-refractivity contribution >= 4 is 11.9 Å². The molecule has 0 heterocycles. The van der Waals surface area contributed by atoms with Crippen molar-refractivity contribution in [2.45, 2.75) is 26.7 Å². The third kappa shape index (κ3) is 5.39. The maximum absolute atomic E-state index is 12.4. The summed E-state index contributed by atoms with van der Waals surface area (Å²) < 4.78 is 9.83. The van der Waals surface area contributed by atoms with Crippen molar-refractivity contribution in [3.63, 3.8) is 0 Å². The molecule has 0 saturated carbocycles. The average Bonchev–Trinajstić information content (AvgIpc) is 2.54. The van der Waals surface area contributed by atoms with Crippen LogP contribution in [0.4, 0.5) is 0 Å². The molecule has 0 aliphatic heterocycles. The van der Waals surface area contributed by atoms with Gasteiger partial charge >= 0.3 is 5.97 Å². The van der Waals surface area contributed by atoms with Crippen molar-refractivity contribution in [2.24, 2.45) is 5.92 Å². The zero-order valence-corrected chi connectivity index (χ0v) is 13.8. The molecule has 0 aliphatic carbocycles. The Morgan fingerprint density at radius 1 is 1.18 bits per heavy atom. The summed E-state index contributed by atoms with van der Waals surface area (Å²) in [4.78, 5) is 25.7. The summed E-state index contributed by atoms with van der Waals surface area (Å²) in [5, 5.41) is 0. The van der Waals surface area contributed by atoms with Crippen LogP contribution in [0.1, 0.15) is 25.8 Å². The number of rotatable bonds is 8. The molecule has 0 N–H and O–H groups in total. The molecule has 1 unspecified atom stereocenters. The van der Waals surface area contributed by atoms with Crippen molar-refractivity contribution in [3.05, 3.63) is 29.8 Å². The van der Waals surface area contributed by atoms with Crippen molar-refractivity contribution in [1.29, 1.82) is 0 Å². The third-order valence-electron chi connectivity index (χ3n) is 3.46. The molecule has 122 valence electrons. The van der Waals surface area contributed by atoms with Gasteiger partial charge in [-0.15, -0.1) is 0 Å². The van der Waals surface area contributed by atoms with Gasteiger partial charge in [0, 0.05) is 13.1 Å². The number of methoxy groups -OCH3 is 2. The van der Waals surface area contributed by atoms with Gasteiger partial charge in [0.05, 0.1) is 26.6 Å². The predicted octanol–water partition coefficient (Wildman–Crippen LogP) is 2.29. The first-order valence-corrected chi connectivity index (χ1v) is 7.50. The van der Waals surface area contributed by atoms with Gasteiger partial charge < -0.3 is 14.4 Å². The zero-order chi connectivity index (χ0) is 16.5. The van der Waals surface area contributed by atoms with Gasteiger partial charge in [0.1, 0.15) is 5.75 Å². The van der Waals surface area contributed by atoms with E-state index < -0.39 is 0 Å². The number of hydrogen-bond donors (Lipinski definition) is 0. The van der Waals surface area contributed by atoms with Crippen molar-refractivity contribution < 1.29 is 19.1 Å². The molecular formula is C17H25NO4. The summed E-state index contributed by atoms with van der Waals surface area (Å²) in [6.07, 6.45) is 1.17. The molecule has 0 spiro atoms. The zero-order valence-electron chi connectivity index (χ0n) is 13.8. The van der Waals surface area contributed by atoms with Crippen LogP contribution in [0.25, 0.3) is 0 Å². The largest absolute Gasteiger partial charge is 0.497 e. The Morgan fingerprint density at radius 2 is 1.82 bits per heavy atom. The van der Waals surface area contributed by atoms with Gasteiger partial charge in [-0.3, -0.25) is 9.59 Å². The molecular weight excluding hydrogens is 282 g/mol. The summed E-state index contributed by atoms with van der Waals surface area (Å²) in [5.74, 6) is 0.165. The van der Waals surface area contributed by atoms with Crippen LogP contribution in [0, 0.1) is 5.92 Å². The second kappa shape index (κ2) is 9.07. The summed E-state index contributed by atoms with van der Waals surface area (Å²) in [7, 11) is 2.97. The number of esters is 1. The first-order valence-electron chi connectivity index (χ1n) is 7.50. The van der Waals surface area contributed by atoms with Crippen LogP contribution in [0.5, 0.6) is 5.75 Å². The van der Waals surface area contributed by atoms with Gasteiger partial charge in [0.15, 0.2) is 0 Å². The lowest BCUT2D eigenvalue weighted by atomic mass is 10.1.